The Bertz CT molecular complexity index is 1640. The Labute approximate surface area is 235 Å². The number of nitrogens with zero attached hydrogens (tertiary/aromatic N) is 5. The Morgan fingerprint density at radius 3 is 2.75 bits per heavy atom. The van der Waals surface area contributed by atoms with Crippen LogP contribution in [0.25, 0.3) is 22.0 Å². The van der Waals surface area contributed by atoms with Crippen LogP contribution in [0, 0.1) is 0 Å². The number of benzene rings is 2. The van der Waals surface area contributed by atoms with Crippen molar-refractivity contribution in [2.75, 3.05) is 37.5 Å². The lowest BCUT2D eigenvalue weighted by atomic mass is 9.91. The molecule has 2 aliphatic heterocycles. The number of hydrogen-bond acceptors (Lipinski definition) is 9. The van der Waals surface area contributed by atoms with Gasteiger partial charge in [-0.15, -0.1) is 11.3 Å². The van der Waals surface area contributed by atoms with E-state index in [0.717, 1.165) is 28.2 Å². The lowest BCUT2D eigenvalue weighted by Gasteiger charge is -2.21. The Kier molecular flexibility index (Phi) is 6.47. The van der Waals surface area contributed by atoms with Gasteiger partial charge in [0.05, 0.1) is 24.2 Å². The Morgan fingerprint density at radius 2 is 2.00 bits per heavy atom. The molecule has 6 rings (SSSR count). The average Bonchev–Trinajstić information content (AvgIpc) is 3.68. The molecule has 0 saturated carbocycles. The molecule has 2 aromatic heterocycles. The van der Waals surface area contributed by atoms with E-state index in [-0.39, 0.29) is 11.8 Å². The maximum atomic E-state index is 12.6. The molecule has 1 saturated heterocycles. The minimum absolute atomic E-state index is 0.00222. The third kappa shape index (κ3) is 4.46. The Hall–Kier alpha value is -4.35. The summed E-state index contributed by atoms with van der Waals surface area (Å²) in [5.74, 6) is 0.689. The largest absolute Gasteiger partial charge is 0.494 e. The minimum Gasteiger partial charge on any atom is -0.494 e. The van der Waals surface area contributed by atoms with Crippen molar-refractivity contribution >= 4 is 40.5 Å². The molecule has 0 radical (unpaired) electrons. The van der Waals surface area contributed by atoms with Crippen LogP contribution in [-0.2, 0) is 21.6 Å². The molecule has 0 aliphatic carbocycles. The molecule has 2 aromatic carbocycles. The summed E-state index contributed by atoms with van der Waals surface area (Å²) in [5, 5.41) is 17.0. The normalized spacial score (nSPS) is 18.2. The van der Waals surface area contributed by atoms with Crippen molar-refractivity contribution in [2.45, 2.75) is 25.4 Å². The van der Waals surface area contributed by atoms with Crippen molar-refractivity contribution in [3.05, 3.63) is 65.2 Å². The van der Waals surface area contributed by atoms with Gasteiger partial charge in [0.2, 0.25) is 11.9 Å². The SMILES string of the molecule is COc1cc2c(cc1Nc1nccc(-c3csc(-c4cccc(C5(O)CCN(C)C5=O)c4)n3)n1)CCN2C(C)=O. The number of carbonyl (C=O) groups is 2. The van der Waals surface area contributed by atoms with Crippen LogP contribution in [0.4, 0.5) is 17.3 Å². The molecule has 2 aliphatic rings. The van der Waals surface area contributed by atoms with E-state index in [0.29, 0.717) is 53.8 Å². The standard InChI is InChI=1S/C29H28N6O4S/c1-17(36)35-11-8-18-14-22(25(39-3)15-24(18)35)33-28-30-10-7-21(32-28)23-16-40-26(31-23)19-5-4-6-20(13-19)29(38)9-12-34(2)27(29)37/h4-7,10,13-16,38H,8-9,11-12H2,1-3H3,(H,30,32,33). The average molecular weight is 557 g/mol. The van der Waals surface area contributed by atoms with Gasteiger partial charge in [-0.05, 0) is 35.7 Å². The fourth-order valence-electron chi connectivity index (χ4n) is 5.25. The lowest BCUT2D eigenvalue weighted by molar-refractivity contribution is -0.143. The topological polar surface area (TPSA) is 121 Å². The van der Waals surface area contributed by atoms with Gasteiger partial charge < -0.3 is 25.0 Å². The van der Waals surface area contributed by atoms with Gasteiger partial charge in [0.1, 0.15) is 16.5 Å². The van der Waals surface area contributed by atoms with Gasteiger partial charge in [-0.1, -0.05) is 18.2 Å². The molecule has 10 nitrogen and oxygen atoms in total. The molecule has 0 bridgehead atoms. The zero-order valence-corrected chi connectivity index (χ0v) is 23.2. The first-order chi connectivity index (χ1) is 19.3. The van der Waals surface area contributed by atoms with Gasteiger partial charge in [-0.2, -0.15) is 0 Å². The summed E-state index contributed by atoms with van der Waals surface area (Å²) >= 11 is 1.46. The second-order valence-electron chi connectivity index (χ2n) is 9.95. The smallest absolute Gasteiger partial charge is 0.258 e. The van der Waals surface area contributed by atoms with E-state index in [1.54, 1.807) is 49.2 Å². The highest BCUT2D eigenvalue weighted by molar-refractivity contribution is 7.13. The second kappa shape index (κ2) is 10.00. The van der Waals surface area contributed by atoms with Crippen LogP contribution < -0.4 is 15.0 Å². The van der Waals surface area contributed by atoms with Gasteiger partial charge in [0, 0.05) is 56.7 Å². The third-order valence-corrected chi connectivity index (χ3v) is 8.33. The number of anilines is 3. The minimum atomic E-state index is -1.51. The van der Waals surface area contributed by atoms with Crippen LogP contribution in [-0.4, -0.2) is 64.0 Å². The van der Waals surface area contributed by atoms with Crippen molar-refractivity contribution in [3.63, 3.8) is 0 Å². The second-order valence-corrected chi connectivity index (χ2v) is 10.8. The number of aromatic nitrogens is 3. The van der Waals surface area contributed by atoms with Gasteiger partial charge in [-0.25, -0.2) is 15.0 Å². The molecule has 2 amide bonds. The highest BCUT2D eigenvalue weighted by atomic mass is 32.1. The molecule has 1 fully saturated rings. The predicted molar refractivity (Wildman–Crippen MR) is 153 cm³/mol. The number of amides is 2. The van der Waals surface area contributed by atoms with Crippen molar-refractivity contribution in [1.29, 1.82) is 0 Å². The van der Waals surface area contributed by atoms with Gasteiger partial charge in [0.25, 0.3) is 5.91 Å². The van der Waals surface area contributed by atoms with E-state index in [1.807, 2.05) is 35.7 Å². The first-order valence-corrected chi connectivity index (χ1v) is 13.8. The number of nitrogens with one attached hydrogen (secondary N) is 1. The summed E-state index contributed by atoms with van der Waals surface area (Å²) in [6.07, 6.45) is 2.79. The van der Waals surface area contributed by atoms with E-state index in [4.69, 9.17) is 9.72 Å². The zero-order valence-electron chi connectivity index (χ0n) is 22.3. The molecule has 2 N–H and O–H groups in total. The summed E-state index contributed by atoms with van der Waals surface area (Å²) in [7, 11) is 3.28. The van der Waals surface area contributed by atoms with E-state index in [9.17, 15) is 14.7 Å². The van der Waals surface area contributed by atoms with Gasteiger partial charge in [0.15, 0.2) is 5.60 Å². The number of likely N-dealkylation sites (tertiary alicyclic amines) is 1. The fraction of sp³-hybridized carbons (Fsp3) is 0.276. The summed E-state index contributed by atoms with van der Waals surface area (Å²) in [4.78, 5) is 41.7. The molecule has 1 unspecified atom stereocenters. The predicted octanol–water partition coefficient (Wildman–Crippen LogP) is 3.98. The van der Waals surface area contributed by atoms with Gasteiger partial charge in [-0.3, -0.25) is 9.59 Å². The number of rotatable bonds is 6. The van der Waals surface area contributed by atoms with Crippen LogP contribution in [0.1, 0.15) is 24.5 Å². The molecular weight excluding hydrogens is 528 g/mol. The molecule has 4 heterocycles. The van der Waals surface area contributed by atoms with E-state index >= 15 is 0 Å². The molecular formula is C29H28N6O4S. The molecule has 204 valence electrons. The van der Waals surface area contributed by atoms with E-state index in [1.165, 1.54) is 11.3 Å². The molecule has 1 atom stereocenters. The first-order valence-electron chi connectivity index (χ1n) is 12.9. The third-order valence-electron chi connectivity index (χ3n) is 7.44. The van der Waals surface area contributed by atoms with Crippen molar-refractivity contribution in [3.8, 4) is 27.7 Å². The number of methoxy groups -OCH3 is 1. The monoisotopic (exact) mass is 556 g/mol. The van der Waals surface area contributed by atoms with Crippen LogP contribution in [0.2, 0.25) is 0 Å². The molecule has 0 spiro atoms. The van der Waals surface area contributed by atoms with Crippen LogP contribution in [0.3, 0.4) is 0 Å². The maximum absolute atomic E-state index is 12.6. The highest BCUT2D eigenvalue weighted by Crippen LogP contribution is 2.39. The fourth-order valence-corrected chi connectivity index (χ4v) is 6.06. The van der Waals surface area contributed by atoms with Crippen LogP contribution in [0.15, 0.2) is 54.0 Å². The van der Waals surface area contributed by atoms with Crippen LogP contribution >= 0.6 is 11.3 Å². The summed E-state index contributed by atoms with van der Waals surface area (Å²) in [6.45, 7) is 2.72. The Morgan fingerprint density at radius 1 is 1.15 bits per heavy atom. The van der Waals surface area contributed by atoms with Crippen molar-refractivity contribution in [1.82, 2.24) is 19.9 Å². The number of fused-ring (bicyclic) bond motifs is 1. The summed E-state index contributed by atoms with van der Waals surface area (Å²) < 4.78 is 5.60. The molecule has 4 aromatic rings. The number of hydrogen-bond donors (Lipinski definition) is 2. The number of carbonyl (C=O) groups excluding carboxylic acids is 2. The number of ether oxygens (including phenoxy) is 1. The van der Waals surface area contributed by atoms with Crippen LogP contribution in [0.5, 0.6) is 5.75 Å². The molecule has 11 heteroatoms. The first kappa shape index (κ1) is 25.9. The number of likely N-dealkylation sites (N-methyl/N-ethyl adjacent to an activating group) is 1. The van der Waals surface area contributed by atoms with E-state index in [2.05, 4.69) is 15.3 Å². The zero-order chi connectivity index (χ0) is 28.0. The molecule has 40 heavy (non-hydrogen) atoms. The number of aliphatic hydroxyl groups is 1. The summed E-state index contributed by atoms with van der Waals surface area (Å²) in [5.41, 5.74) is 3.83. The maximum Gasteiger partial charge on any atom is 0.258 e. The van der Waals surface area contributed by atoms with E-state index < -0.39 is 5.60 Å². The van der Waals surface area contributed by atoms with Crippen molar-refractivity contribution in [2.24, 2.45) is 0 Å². The number of thiazole rings is 1. The van der Waals surface area contributed by atoms with Crippen molar-refractivity contribution < 1.29 is 19.4 Å². The Balaban J connectivity index is 1.25. The van der Waals surface area contributed by atoms with Gasteiger partial charge >= 0.3 is 0 Å². The lowest BCUT2D eigenvalue weighted by Crippen LogP contribution is -2.36. The quantitative estimate of drug-likeness (QED) is 0.366. The highest BCUT2D eigenvalue weighted by Gasteiger charge is 2.45. The summed E-state index contributed by atoms with van der Waals surface area (Å²) in [6, 6.07) is 13.0.